The number of nitrogens with zero attached hydrogens (tertiary/aromatic N) is 1. The van der Waals surface area contributed by atoms with E-state index in [1.807, 2.05) is 5.43 Å². The smallest absolute Gasteiger partial charge is 0.376 e. The number of hydrazine groups is 1. The summed E-state index contributed by atoms with van der Waals surface area (Å²) in [6, 6.07) is 0. The molecule has 5 heteroatoms. The van der Waals surface area contributed by atoms with Crippen LogP contribution in [0, 0.1) is 0 Å². The molecule has 0 amide bonds. The van der Waals surface area contributed by atoms with E-state index in [1.54, 1.807) is 0 Å². The van der Waals surface area contributed by atoms with Gasteiger partial charge in [-0.1, -0.05) is 4.74 Å². The largest absolute Gasteiger partial charge is 0.396 e. The lowest BCUT2D eigenvalue weighted by atomic mass is 11.0. The summed E-state index contributed by atoms with van der Waals surface area (Å²) in [7, 11) is 1.36. The molecule has 0 aliphatic carbocycles. The Hall–Kier alpha value is -0.970. The first-order valence-corrected chi connectivity index (χ1v) is 1.70. The average molecular weight is 105 g/mol. The molecular weight excluding hydrogens is 96.0 g/mol. The molecule has 6 N–H and O–H groups in total. The second-order valence-electron chi connectivity index (χ2n) is 1.05. The molecule has 0 aromatic carbocycles. The van der Waals surface area contributed by atoms with Gasteiger partial charge in [-0.3, -0.25) is 5.73 Å². The fourth-order valence-corrected chi connectivity index (χ4v) is 0.0934. The van der Waals surface area contributed by atoms with Crippen molar-refractivity contribution in [1.29, 1.82) is 0 Å². The fourth-order valence-electron chi connectivity index (χ4n) is 0.0934. The molecule has 0 radical (unpaired) electrons. The van der Waals surface area contributed by atoms with Crippen molar-refractivity contribution in [2.24, 2.45) is 11.6 Å². The molecule has 0 rings (SSSR count). The second-order valence-corrected chi connectivity index (χ2v) is 1.05. The van der Waals surface area contributed by atoms with Crippen LogP contribution in [0.3, 0.4) is 0 Å². The van der Waals surface area contributed by atoms with Crippen molar-refractivity contribution in [3.05, 3.63) is 0 Å². The summed E-state index contributed by atoms with van der Waals surface area (Å²) in [5.41, 5.74) is 7.01. The van der Waals surface area contributed by atoms with Crippen molar-refractivity contribution in [1.82, 2.24) is 5.43 Å². The summed E-state index contributed by atoms with van der Waals surface area (Å²) in [6.45, 7) is 0. The number of rotatable bonds is 0. The minimum absolute atomic E-state index is 0.0139. The lowest BCUT2D eigenvalue weighted by Gasteiger charge is -1.90. The fraction of sp³-hybridized carbons (Fsp3) is 0.500. The van der Waals surface area contributed by atoms with Gasteiger partial charge in [0.1, 0.15) is 0 Å². The number of nitrogens with two attached hydrogens (primary N) is 2. The quantitative estimate of drug-likeness (QED) is 0.0702. The first-order chi connectivity index (χ1) is 3.18. The summed E-state index contributed by atoms with van der Waals surface area (Å²) >= 11 is 0. The highest BCUT2D eigenvalue weighted by molar-refractivity contribution is 5.71. The minimum Gasteiger partial charge on any atom is -0.376 e. The first-order valence-electron chi connectivity index (χ1n) is 1.70. The van der Waals surface area contributed by atoms with E-state index in [0.717, 1.165) is 0 Å². The van der Waals surface area contributed by atoms with Gasteiger partial charge in [0.25, 0.3) is 0 Å². The molecule has 7 heavy (non-hydrogen) atoms. The zero-order valence-corrected chi connectivity index (χ0v) is 4.05. The Balaban J connectivity index is 3.72. The maximum Gasteiger partial charge on any atom is 0.396 e. The van der Waals surface area contributed by atoms with Gasteiger partial charge >= 0.3 is 5.96 Å². The molecule has 0 unspecified atom stereocenters. The van der Waals surface area contributed by atoms with Crippen molar-refractivity contribution in [2.75, 3.05) is 7.05 Å². The number of guanidine groups is 1. The van der Waals surface area contributed by atoms with E-state index >= 15 is 0 Å². The molecule has 0 saturated carbocycles. The van der Waals surface area contributed by atoms with Crippen LogP contribution in [0.15, 0.2) is 0 Å². The Morgan fingerprint density at radius 1 is 1.86 bits per heavy atom. The van der Waals surface area contributed by atoms with Gasteiger partial charge in [0.2, 0.25) is 0 Å². The third kappa shape index (κ3) is 1.83. The lowest BCUT2D eigenvalue weighted by Crippen LogP contribution is -2.42. The predicted octanol–water partition coefficient (Wildman–Crippen LogP) is -2.20. The monoisotopic (exact) mass is 105 g/mol. The maximum atomic E-state index is 8.35. The molecule has 0 aliphatic rings. The molecule has 0 aromatic rings. The van der Waals surface area contributed by atoms with E-state index in [9.17, 15) is 0 Å². The SMILES string of the molecule is C[N+](O)=C(N)NN. The highest BCUT2D eigenvalue weighted by Crippen LogP contribution is 1.47. The number of hydrogen-bond donors (Lipinski definition) is 4. The van der Waals surface area contributed by atoms with Gasteiger partial charge < -0.3 is 5.21 Å². The molecule has 0 saturated heterocycles. The Morgan fingerprint density at radius 2 is 2.29 bits per heavy atom. The average Bonchev–Trinajstić information content (AvgIpc) is 1.65. The highest BCUT2D eigenvalue weighted by atomic mass is 16.5. The van der Waals surface area contributed by atoms with Crippen LogP contribution in [0.2, 0.25) is 0 Å². The van der Waals surface area contributed by atoms with Crippen molar-refractivity contribution < 1.29 is 9.95 Å². The Kier molecular flexibility index (Phi) is 1.94. The van der Waals surface area contributed by atoms with Gasteiger partial charge in [-0.15, -0.1) is 0 Å². The molecule has 0 heterocycles. The van der Waals surface area contributed by atoms with Crippen LogP contribution < -0.4 is 17.0 Å². The third-order valence-corrected chi connectivity index (χ3v) is 0.497. The predicted molar refractivity (Wildman–Crippen MR) is 24.5 cm³/mol. The van der Waals surface area contributed by atoms with Crippen molar-refractivity contribution >= 4 is 5.96 Å². The summed E-state index contributed by atoms with van der Waals surface area (Å²) in [4.78, 5) is 0. The van der Waals surface area contributed by atoms with E-state index in [0.29, 0.717) is 4.74 Å². The Labute approximate surface area is 41.2 Å². The number of hydrogen-bond acceptors (Lipinski definition) is 2. The molecule has 0 bridgehead atoms. The van der Waals surface area contributed by atoms with Crippen LogP contribution in [0.5, 0.6) is 0 Å². The van der Waals surface area contributed by atoms with Crippen molar-refractivity contribution in [3.63, 3.8) is 0 Å². The highest BCUT2D eigenvalue weighted by Gasteiger charge is 1.93. The van der Waals surface area contributed by atoms with E-state index in [2.05, 4.69) is 0 Å². The molecule has 42 valence electrons. The molecule has 0 spiro atoms. The normalized spacial score (nSPS) is 12.9. The summed E-state index contributed by atoms with van der Waals surface area (Å²) in [5.74, 6) is 4.77. The molecule has 0 aromatic heterocycles. The summed E-state index contributed by atoms with van der Waals surface area (Å²) < 4.78 is 0.681. The van der Waals surface area contributed by atoms with Crippen molar-refractivity contribution in [3.8, 4) is 0 Å². The topological polar surface area (TPSA) is 87.3 Å². The molecular formula is C2H9N4O+. The summed E-state index contributed by atoms with van der Waals surface area (Å²) in [6.07, 6.45) is 0. The van der Waals surface area contributed by atoms with Gasteiger partial charge in [0, 0.05) is 0 Å². The second kappa shape index (κ2) is 2.25. The van der Waals surface area contributed by atoms with E-state index < -0.39 is 0 Å². The van der Waals surface area contributed by atoms with Gasteiger partial charge in [0.05, 0.1) is 7.05 Å². The van der Waals surface area contributed by atoms with Crippen LogP contribution in [0.1, 0.15) is 0 Å². The van der Waals surface area contributed by atoms with Crippen LogP contribution >= 0.6 is 0 Å². The number of nitrogens with one attached hydrogen (secondary N) is 1. The third-order valence-electron chi connectivity index (χ3n) is 0.497. The van der Waals surface area contributed by atoms with Crippen LogP contribution in [-0.4, -0.2) is 23.0 Å². The number of hydroxylamine groups is 1. The minimum atomic E-state index is 0.0139. The van der Waals surface area contributed by atoms with Gasteiger partial charge in [-0.05, 0) is 0 Å². The molecule has 0 aliphatic heterocycles. The first kappa shape index (κ1) is 6.03. The standard InChI is InChI=1S/C2H8N4O/c1-6(7)2(3)5-4/h7H,4H2,1H3,(H2,3,5)/p+1. The van der Waals surface area contributed by atoms with Crippen molar-refractivity contribution in [2.45, 2.75) is 0 Å². The van der Waals surface area contributed by atoms with E-state index in [4.69, 9.17) is 16.8 Å². The molecule has 0 fully saturated rings. The Bertz CT molecular complexity index is 83.7. The zero-order valence-electron chi connectivity index (χ0n) is 4.05. The Morgan fingerprint density at radius 3 is 2.29 bits per heavy atom. The van der Waals surface area contributed by atoms with Crippen LogP contribution in [-0.2, 0) is 0 Å². The maximum absolute atomic E-state index is 8.35. The van der Waals surface area contributed by atoms with Gasteiger partial charge in [0.15, 0.2) is 0 Å². The zero-order chi connectivity index (χ0) is 5.86. The van der Waals surface area contributed by atoms with Gasteiger partial charge in [-0.2, -0.15) is 5.84 Å². The summed E-state index contributed by atoms with van der Waals surface area (Å²) in [5, 5.41) is 8.35. The van der Waals surface area contributed by atoms with Crippen LogP contribution in [0.4, 0.5) is 0 Å². The van der Waals surface area contributed by atoms with E-state index in [-0.39, 0.29) is 5.96 Å². The van der Waals surface area contributed by atoms with Crippen LogP contribution in [0.25, 0.3) is 0 Å². The molecule has 5 nitrogen and oxygen atoms in total. The molecule has 0 atom stereocenters. The lowest BCUT2D eigenvalue weighted by molar-refractivity contribution is -0.756. The van der Waals surface area contributed by atoms with Gasteiger partial charge in [-0.25, -0.2) is 5.43 Å². The van der Waals surface area contributed by atoms with E-state index in [1.165, 1.54) is 7.05 Å².